The monoisotopic (exact) mass is 982 g/mol. The summed E-state index contributed by atoms with van der Waals surface area (Å²) in [4.78, 5) is 7.67. The molecule has 0 spiro atoms. The molecule has 7 aromatic rings. The fraction of sp³-hybridized carbons (Fsp3) is 0. The van der Waals surface area contributed by atoms with Gasteiger partial charge in [-0.1, -0.05) is 36.4 Å². The Kier molecular flexibility index (Phi) is 17.1. The van der Waals surface area contributed by atoms with Crippen LogP contribution in [-0.2, 0) is 30.4 Å². The van der Waals surface area contributed by atoms with Gasteiger partial charge < -0.3 is 21.7 Å². The Bertz CT molecular complexity index is 3500. The minimum Gasteiger partial charge on any atom is -0.505 e. The molecule has 0 aliphatic carbocycles. The van der Waals surface area contributed by atoms with Crippen LogP contribution in [0.25, 0.3) is 32.7 Å². The van der Waals surface area contributed by atoms with Crippen molar-refractivity contribution in [3.63, 3.8) is 0 Å². The van der Waals surface area contributed by atoms with Gasteiger partial charge in [0.25, 0.3) is 36.0 Å². The zero-order valence-electron chi connectivity index (χ0n) is 34.4. The number of rotatable bonds is 11. The first-order valence-corrected chi connectivity index (χ1v) is 21.7. The number of hydrogen-bond acceptors (Lipinski definition) is 18. The van der Waals surface area contributed by atoms with E-state index in [9.17, 15) is 59.2 Å². The Balaban J connectivity index is 0.00000317. The summed E-state index contributed by atoms with van der Waals surface area (Å²) in [6.07, 6.45) is 0. The molecule has 3 radical (unpaired) electrons. The van der Waals surface area contributed by atoms with Gasteiger partial charge in [-0.3, -0.25) is 23.8 Å². The molecule has 7 rings (SSSR count). The van der Waals surface area contributed by atoms with Crippen molar-refractivity contribution in [2.75, 3.05) is 11.5 Å². The molecule has 0 unspecified atom stereocenters. The van der Waals surface area contributed by atoms with Crippen molar-refractivity contribution >= 4 is 192 Å². The molecule has 0 aliphatic rings. The van der Waals surface area contributed by atoms with Crippen LogP contribution < -0.4 is 11.5 Å². The second kappa shape index (κ2) is 21.0. The average molecular weight is 983 g/mol. The van der Waals surface area contributed by atoms with E-state index in [0.29, 0.717) is 11.1 Å². The summed E-state index contributed by atoms with van der Waals surface area (Å²) in [7, 11) is -15.2. The first-order chi connectivity index (χ1) is 29.6. The number of phenolic OH excluding ortho intramolecular Hbond substituents is 2. The first-order valence-electron chi connectivity index (χ1n) is 17.4. The minimum absolute atomic E-state index is 0. The van der Waals surface area contributed by atoms with Crippen LogP contribution in [0.15, 0.2) is 155 Å². The van der Waals surface area contributed by atoms with E-state index in [0.717, 1.165) is 30.3 Å². The summed E-state index contributed by atoms with van der Waals surface area (Å²) in [5.41, 5.74) is 11.0. The van der Waals surface area contributed by atoms with Crippen LogP contribution in [0, 0.1) is 10.1 Å². The minimum atomic E-state index is -5.19. The van der Waals surface area contributed by atoms with Crippen LogP contribution in [0.2, 0.25) is 0 Å². The van der Waals surface area contributed by atoms with Gasteiger partial charge in [-0.15, -0.1) is 15.3 Å². The number of nitro benzene ring substituents is 1. The van der Waals surface area contributed by atoms with Crippen molar-refractivity contribution in [1.82, 2.24) is 0 Å². The van der Waals surface area contributed by atoms with Gasteiger partial charge in [-0.25, -0.2) is 0 Å². The Morgan fingerprint density at radius 3 is 1.26 bits per heavy atom. The van der Waals surface area contributed by atoms with Crippen molar-refractivity contribution in [2.24, 2.45) is 30.7 Å². The Morgan fingerprint density at radius 1 is 0.485 bits per heavy atom. The number of aromatic hydroxyl groups is 2. The molecule has 0 fully saturated rings. The van der Waals surface area contributed by atoms with E-state index in [4.69, 9.17) is 11.5 Å². The predicted octanol–water partition coefficient (Wildman–Crippen LogP) is 7.99. The first kappa shape index (κ1) is 53.8. The van der Waals surface area contributed by atoms with Crippen LogP contribution in [0.4, 0.5) is 51.2 Å². The van der Waals surface area contributed by atoms with Crippen molar-refractivity contribution in [3.05, 3.63) is 119 Å². The summed E-state index contributed by atoms with van der Waals surface area (Å²) >= 11 is 0. The molecule has 0 aromatic heterocycles. The number of phenols is 2. The number of nitrogen functional groups attached to an aromatic ring is 2. The third kappa shape index (κ3) is 11.5. The van der Waals surface area contributed by atoms with E-state index < -0.39 is 95.0 Å². The SMILES string of the molecule is Nc1cccc2cc(S(=O)(=O)O)c(N=Nc3ccc(-c4ccc(N=Nc5c(S(=O)(=O)O)cc6cc(S(=O)(=O)O)c(N=Nc7ccc([N+](=O)[O-])cc7)c(N)c6c5O)cc4)cc3)c(O)c12.[Na].[Na].[Na]. The van der Waals surface area contributed by atoms with Crippen LogP contribution in [0.3, 0.4) is 0 Å². The number of azo groups is 3. The molecule has 7 aromatic carbocycles. The number of nitro groups is 1. The molecule has 0 heterocycles. The number of hydrogen-bond donors (Lipinski definition) is 7. The van der Waals surface area contributed by atoms with Crippen LogP contribution in [-0.4, -0.2) is 143 Å². The molecule has 0 atom stereocenters. The van der Waals surface area contributed by atoms with Crippen molar-refractivity contribution in [1.29, 1.82) is 0 Å². The van der Waals surface area contributed by atoms with E-state index in [1.54, 1.807) is 30.3 Å². The smallest absolute Gasteiger partial charge is 0.296 e. The summed E-state index contributed by atoms with van der Waals surface area (Å²) in [6, 6.07) is 24.1. The van der Waals surface area contributed by atoms with Crippen molar-refractivity contribution in [3.8, 4) is 22.6 Å². The molecule has 22 nitrogen and oxygen atoms in total. The summed E-state index contributed by atoms with van der Waals surface area (Å²) in [5, 5.41) is 56.2. The molecule has 0 saturated heterocycles. The van der Waals surface area contributed by atoms with Gasteiger partial charge in [0.15, 0.2) is 11.5 Å². The van der Waals surface area contributed by atoms with Crippen LogP contribution in [0.1, 0.15) is 0 Å². The number of non-ortho nitro benzene ring substituents is 1. The number of benzene rings is 7. The van der Waals surface area contributed by atoms with Gasteiger partial charge >= 0.3 is 0 Å². The van der Waals surface area contributed by atoms with Crippen molar-refractivity contribution in [2.45, 2.75) is 14.7 Å². The summed E-state index contributed by atoms with van der Waals surface area (Å²) < 4.78 is 104. The number of nitrogens with two attached hydrogens (primary N) is 2. The summed E-state index contributed by atoms with van der Waals surface area (Å²) in [6.45, 7) is 0. The van der Waals surface area contributed by atoms with E-state index >= 15 is 0 Å². The van der Waals surface area contributed by atoms with Crippen LogP contribution in [0.5, 0.6) is 11.5 Å². The largest absolute Gasteiger partial charge is 0.505 e. The van der Waals surface area contributed by atoms with Gasteiger partial charge in [0.1, 0.15) is 31.7 Å². The number of anilines is 2. The standard InChI is InChI=1S/C38H27N9O13S3.3Na/c39-27-3-1-2-21-16-29(62(55,56)57)35(37(48)31(21)27)45-42-23-8-4-19(5-9-23)20-6-10-24(11-7-20)43-46-36-30(63(58,59)60)18-22-17-28(61(52,53)54)34(33(40)32(22)38(36)49)44-41-25-12-14-26(15-13-25)47(50)51;;;/h1-18,48-49H,39-40H2,(H,52,53,54)(H,55,56,57)(H,58,59,60);;;. The molecule has 0 aliphatic heterocycles. The zero-order chi connectivity index (χ0) is 45.6. The third-order valence-electron chi connectivity index (χ3n) is 9.18. The van der Waals surface area contributed by atoms with Crippen molar-refractivity contribution < 1.29 is 54.0 Å². The fourth-order valence-corrected chi connectivity index (χ4v) is 8.22. The van der Waals surface area contributed by atoms with E-state index in [-0.39, 0.29) is 128 Å². The molecule has 66 heavy (non-hydrogen) atoms. The molecule has 9 N–H and O–H groups in total. The predicted molar refractivity (Wildman–Crippen MR) is 244 cm³/mol. The maximum atomic E-state index is 12.5. The Hall–Kier alpha value is -4.81. The Labute approximate surface area is 439 Å². The maximum Gasteiger partial charge on any atom is 0.296 e. The van der Waals surface area contributed by atoms with E-state index in [2.05, 4.69) is 30.7 Å². The topological polar surface area (TPSA) is 373 Å². The molecule has 0 bridgehead atoms. The molecule has 0 saturated carbocycles. The molecule has 323 valence electrons. The Morgan fingerprint density at radius 2 is 0.848 bits per heavy atom. The second-order valence-electron chi connectivity index (χ2n) is 13.2. The average Bonchev–Trinajstić information content (AvgIpc) is 3.21. The normalized spacial score (nSPS) is 12.0. The van der Waals surface area contributed by atoms with E-state index in [1.807, 2.05) is 0 Å². The second-order valence-corrected chi connectivity index (χ2v) is 17.4. The molecule has 28 heteroatoms. The van der Waals surface area contributed by atoms with E-state index in [1.165, 1.54) is 48.5 Å². The van der Waals surface area contributed by atoms with Gasteiger partial charge in [0, 0.05) is 112 Å². The number of fused-ring (bicyclic) bond motifs is 2. The zero-order valence-corrected chi connectivity index (χ0v) is 42.9. The third-order valence-corrected chi connectivity index (χ3v) is 11.8. The van der Waals surface area contributed by atoms with Gasteiger partial charge in [0.2, 0.25) is 0 Å². The quantitative estimate of drug-likeness (QED) is 0.0161. The molecular formula is C38H27N9Na3O13S3. The van der Waals surface area contributed by atoms with Gasteiger partial charge in [-0.2, -0.15) is 40.6 Å². The van der Waals surface area contributed by atoms with Crippen LogP contribution >= 0.6 is 0 Å². The van der Waals surface area contributed by atoms with Gasteiger partial charge in [0.05, 0.1) is 33.1 Å². The molecule has 0 amide bonds. The molecular weight excluding hydrogens is 956 g/mol. The summed E-state index contributed by atoms with van der Waals surface area (Å²) in [5.74, 6) is -1.59. The number of nitrogens with zero attached hydrogens (tertiary/aromatic N) is 7. The fourth-order valence-electron chi connectivity index (χ4n) is 6.23. The van der Waals surface area contributed by atoms with Gasteiger partial charge in [-0.05, 0) is 82.6 Å². The maximum absolute atomic E-state index is 12.5.